The molecule has 1 unspecified atom stereocenters. The van der Waals surface area contributed by atoms with Gasteiger partial charge in [-0.05, 0) is 10.2 Å². The van der Waals surface area contributed by atoms with Crippen molar-refractivity contribution in [2.45, 2.75) is 26.7 Å². The average Bonchev–Trinajstić information content (AvgIpc) is 2.13. The van der Waals surface area contributed by atoms with Gasteiger partial charge in [0.15, 0.2) is 0 Å². The van der Waals surface area contributed by atoms with E-state index < -0.39 is 10.2 Å². The summed E-state index contributed by atoms with van der Waals surface area (Å²) in [5.41, 5.74) is 0. The Morgan fingerprint density at radius 2 is 1.77 bits per heavy atom. The summed E-state index contributed by atoms with van der Waals surface area (Å²) >= 11 is 0.925. The lowest BCUT2D eigenvalue weighted by atomic mass is 10.5. The van der Waals surface area contributed by atoms with Crippen LogP contribution in [-0.4, -0.2) is 18.2 Å². The zero-order chi connectivity index (χ0) is 10.3. The first-order chi connectivity index (χ1) is 6.10. The van der Waals surface area contributed by atoms with Crippen molar-refractivity contribution in [3.8, 4) is 0 Å². The van der Waals surface area contributed by atoms with Crippen molar-refractivity contribution in [2.75, 3.05) is 6.26 Å². The fraction of sp³-hybridized carbons (Fsp3) is 0.714. The minimum atomic E-state index is -1.04. The Morgan fingerprint density at radius 1 is 1.23 bits per heavy atom. The second-order valence-corrected chi connectivity index (χ2v) is 5.51. The molecular formula is C7H14O4S2. The molecule has 0 N–H and O–H groups in total. The topological polar surface area (TPSA) is 52.6 Å². The van der Waals surface area contributed by atoms with Gasteiger partial charge in [-0.1, -0.05) is 13.8 Å². The molecule has 4 nitrogen and oxygen atoms in total. The van der Waals surface area contributed by atoms with Crippen LogP contribution in [0.3, 0.4) is 0 Å². The van der Waals surface area contributed by atoms with E-state index in [0.29, 0.717) is 12.8 Å². The third kappa shape index (κ3) is 6.77. The Labute approximate surface area is 84.5 Å². The van der Waals surface area contributed by atoms with Gasteiger partial charge in [-0.25, -0.2) is 0 Å². The first kappa shape index (κ1) is 12.6. The highest BCUT2D eigenvalue weighted by molar-refractivity contribution is 8.81. The van der Waals surface area contributed by atoms with E-state index in [1.54, 1.807) is 20.1 Å². The molecule has 0 aromatic heterocycles. The summed E-state index contributed by atoms with van der Waals surface area (Å²) in [4.78, 5) is 21.5. The maximum atomic E-state index is 10.8. The van der Waals surface area contributed by atoms with Crippen molar-refractivity contribution in [3.05, 3.63) is 0 Å². The molecular weight excluding hydrogens is 212 g/mol. The Bertz CT molecular complexity index is 183. The molecule has 0 rings (SSSR count). The van der Waals surface area contributed by atoms with Crippen molar-refractivity contribution in [2.24, 2.45) is 0 Å². The minimum absolute atomic E-state index is 0.270. The van der Waals surface area contributed by atoms with Gasteiger partial charge in [-0.15, -0.1) is 0 Å². The van der Waals surface area contributed by atoms with E-state index in [9.17, 15) is 9.59 Å². The van der Waals surface area contributed by atoms with Gasteiger partial charge in [0.2, 0.25) is 0 Å². The largest absolute Gasteiger partial charge is 0.406 e. The molecule has 1 atom stereocenters. The van der Waals surface area contributed by atoms with Gasteiger partial charge in [0, 0.05) is 19.1 Å². The predicted octanol–water partition coefficient (Wildman–Crippen LogP) is 2.00. The standard InChI is InChI=1S/C7H14O4S2/c1-4-6(8)10-12-13(3)11-7(9)5-2/h13H,4-5H2,1-3H3. The van der Waals surface area contributed by atoms with Crippen molar-refractivity contribution in [3.63, 3.8) is 0 Å². The second-order valence-electron chi connectivity index (χ2n) is 2.14. The zero-order valence-electron chi connectivity index (χ0n) is 7.90. The van der Waals surface area contributed by atoms with Crippen molar-refractivity contribution in [1.82, 2.24) is 0 Å². The molecule has 0 aromatic rings. The lowest BCUT2D eigenvalue weighted by molar-refractivity contribution is -0.134. The molecule has 0 heterocycles. The predicted molar refractivity (Wildman–Crippen MR) is 55.3 cm³/mol. The van der Waals surface area contributed by atoms with Gasteiger partial charge < -0.3 is 8.37 Å². The lowest BCUT2D eigenvalue weighted by Gasteiger charge is -2.13. The number of hydrogen-bond acceptors (Lipinski definition) is 5. The van der Waals surface area contributed by atoms with E-state index in [-0.39, 0.29) is 11.9 Å². The quantitative estimate of drug-likeness (QED) is 0.441. The van der Waals surface area contributed by atoms with Crippen LogP contribution in [0.4, 0.5) is 0 Å². The Morgan fingerprint density at radius 3 is 2.23 bits per heavy atom. The molecule has 0 bridgehead atoms. The number of hydrogen-bond donors (Lipinski definition) is 1. The highest BCUT2D eigenvalue weighted by Gasteiger charge is 2.07. The molecule has 0 aliphatic rings. The first-order valence-electron chi connectivity index (χ1n) is 3.92. The van der Waals surface area contributed by atoms with E-state index in [1.165, 1.54) is 0 Å². The van der Waals surface area contributed by atoms with Crippen LogP contribution < -0.4 is 0 Å². The fourth-order valence-electron chi connectivity index (χ4n) is 0.376. The second kappa shape index (κ2) is 7.08. The molecule has 0 saturated heterocycles. The van der Waals surface area contributed by atoms with Gasteiger partial charge in [0.05, 0.1) is 0 Å². The van der Waals surface area contributed by atoms with Crippen LogP contribution in [0.15, 0.2) is 0 Å². The van der Waals surface area contributed by atoms with Crippen molar-refractivity contribution in [1.29, 1.82) is 0 Å². The van der Waals surface area contributed by atoms with E-state index >= 15 is 0 Å². The third-order valence-electron chi connectivity index (χ3n) is 1.04. The van der Waals surface area contributed by atoms with Crippen LogP contribution in [0.2, 0.25) is 0 Å². The lowest BCUT2D eigenvalue weighted by Crippen LogP contribution is -2.00. The molecule has 0 aromatic carbocycles. The Balaban J connectivity index is 3.56. The summed E-state index contributed by atoms with van der Waals surface area (Å²) < 4.78 is 9.63. The number of thiol groups is 1. The Hall–Kier alpha value is -0.360. The summed E-state index contributed by atoms with van der Waals surface area (Å²) in [7, 11) is -1.04. The molecule has 0 spiro atoms. The van der Waals surface area contributed by atoms with E-state index in [1.807, 2.05) is 0 Å². The monoisotopic (exact) mass is 226 g/mol. The van der Waals surface area contributed by atoms with Crippen LogP contribution in [0, 0.1) is 0 Å². The maximum Gasteiger partial charge on any atom is 0.318 e. The van der Waals surface area contributed by atoms with Crippen LogP contribution in [-0.2, 0) is 18.0 Å². The summed E-state index contributed by atoms with van der Waals surface area (Å²) in [5.74, 6) is -0.569. The minimum Gasteiger partial charge on any atom is -0.406 e. The normalized spacial score (nSPS) is 13.3. The van der Waals surface area contributed by atoms with Gasteiger partial charge in [-0.2, -0.15) is 0 Å². The highest BCUT2D eigenvalue weighted by Crippen LogP contribution is 2.38. The Kier molecular flexibility index (Phi) is 6.89. The average molecular weight is 226 g/mol. The van der Waals surface area contributed by atoms with Crippen LogP contribution in [0.5, 0.6) is 0 Å². The third-order valence-corrected chi connectivity index (χ3v) is 3.05. The zero-order valence-corrected chi connectivity index (χ0v) is 9.61. The van der Waals surface area contributed by atoms with Crippen molar-refractivity contribution < 1.29 is 18.0 Å². The summed E-state index contributed by atoms with van der Waals surface area (Å²) in [6.07, 6.45) is 2.39. The molecule has 13 heavy (non-hydrogen) atoms. The van der Waals surface area contributed by atoms with Crippen LogP contribution in [0.25, 0.3) is 0 Å². The summed E-state index contributed by atoms with van der Waals surface area (Å²) in [5, 5.41) is 0. The summed E-state index contributed by atoms with van der Waals surface area (Å²) in [6, 6.07) is 0. The van der Waals surface area contributed by atoms with E-state index in [4.69, 9.17) is 8.37 Å². The summed E-state index contributed by atoms with van der Waals surface area (Å²) in [6.45, 7) is 3.42. The molecule has 0 aliphatic carbocycles. The smallest absolute Gasteiger partial charge is 0.318 e. The number of rotatable bonds is 5. The number of carbonyl (C=O) groups is 2. The molecule has 0 amide bonds. The molecule has 0 radical (unpaired) electrons. The fourth-order valence-corrected chi connectivity index (χ4v) is 2.03. The molecule has 6 heteroatoms. The van der Waals surface area contributed by atoms with E-state index in [0.717, 1.165) is 11.1 Å². The van der Waals surface area contributed by atoms with Gasteiger partial charge >= 0.3 is 11.9 Å². The molecule has 78 valence electrons. The first-order valence-corrected chi connectivity index (χ1v) is 6.97. The van der Waals surface area contributed by atoms with Gasteiger partial charge in [-0.3, -0.25) is 9.59 Å². The van der Waals surface area contributed by atoms with Crippen molar-refractivity contribution >= 4 is 33.2 Å². The SMILES string of the molecule is CCC(=O)OS[SH](C)OC(=O)CC. The van der Waals surface area contributed by atoms with Crippen LogP contribution >= 0.6 is 21.3 Å². The maximum absolute atomic E-state index is 10.8. The number of carbonyl (C=O) groups excluding carboxylic acids is 2. The molecule has 0 saturated carbocycles. The van der Waals surface area contributed by atoms with Gasteiger partial charge in [0.25, 0.3) is 0 Å². The van der Waals surface area contributed by atoms with Gasteiger partial charge in [0.1, 0.15) is 11.1 Å². The van der Waals surface area contributed by atoms with Crippen LogP contribution in [0.1, 0.15) is 26.7 Å². The van der Waals surface area contributed by atoms with E-state index in [2.05, 4.69) is 0 Å². The molecule has 0 fully saturated rings. The molecule has 0 aliphatic heterocycles. The highest BCUT2D eigenvalue weighted by atomic mass is 33.1.